The van der Waals surface area contributed by atoms with Crippen molar-refractivity contribution in [2.24, 2.45) is 0 Å². The Labute approximate surface area is 162 Å². The maximum absolute atomic E-state index is 12.6. The van der Waals surface area contributed by atoms with E-state index < -0.39 is 0 Å². The highest BCUT2D eigenvalue weighted by atomic mass is 16.2. The number of benzene rings is 1. The molecule has 2 N–H and O–H groups in total. The first-order valence-corrected chi connectivity index (χ1v) is 9.21. The molecule has 142 valence electrons. The summed E-state index contributed by atoms with van der Waals surface area (Å²) in [5.74, 6) is -0.369. The van der Waals surface area contributed by atoms with Crippen molar-refractivity contribution in [3.05, 3.63) is 82.9 Å². The Hall–Kier alpha value is -3.48. The molecule has 1 aliphatic rings. The summed E-state index contributed by atoms with van der Waals surface area (Å²) in [6, 6.07) is 15.0. The maximum Gasteiger partial charge on any atom is 0.270 e. The molecule has 0 saturated heterocycles. The van der Waals surface area contributed by atoms with E-state index in [0.29, 0.717) is 30.8 Å². The second-order valence-corrected chi connectivity index (χ2v) is 6.89. The molecule has 1 atom stereocenters. The third-order valence-electron chi connectivity index (χ3n) is 4.78. The minimum Gasteiger partial charge on any atom is -0.348 e. The van der Waals surface area contributed by atoms with E-state index in [0.717, 1.165) is 17.0 Å². The molecular formula is C21H21N5O2. The molecule has 28 heavy (non-hydrogen) atoms. The van der Waals surface area contributed by atoms with Crippen molar-refractivity contribution < 1.29 is 9.59 Å². The Kier molecular flexibility index (Phi) is 4.89. The second-order valence-electron chi connectivity index (χ2n) is 6.89. The number of pyridine rings is 1. The lowest BCUT2D eigenvalue weighted by Crippen LogP contribution is -2.36. The minimum atomic E-state index is -0.213. The molecule has 0 bridgehead atoms. The van der Waals surface area contributed by atoms with Crippen LogP contribution in [0.4, 0.5) is 0 Å². The molecule has 4 rings (SSSR count). The standard InChI is InChI=1S/C21H21N5O2/c1-14-6-5-9-18(24-14)21(28)25-16-10-19-17(12-23-26(19)13-16)20(27)22-11-15-7-3-2-4-8-15/h2-9,12,16H,10-11,13H2,1H3,(H,22,27)(H,25,28)/t16-/m0/s1. The zero-order valence-corrected chi connectivity index (χ0v) is 15.6. The minimum absolute atomic E-state index is 0.112. The number of amides is 2. The van der Waals surface area contributed by atoms with E-state index >= 15 is 0 Å². The van der Waals surface area contributed by atoms with Crippen LogP contribution in [0.1, 0.15) is 37.8 Å². The summed E-state index contributed by atoms with van der Waals surface area (Å²) in [5, 5.41) is 10.2. The van der Waals surface area contributed by atoms with Crippen LogP contribution in [-0.2, 0) is 19.5 Å². The van der Waals surface area contributed by atoms with E-state index in [4.69, 9.17) is 0 Å². The van der Waals surface area contributed by atoms with Gasteiger partial charge in [0.1, 0.15) is 5.69 Å². The first-order valence-electron chi connectivity index (χ1n) is 9.21. The predicted octanol–water partition coefficient (Wildman–Crippen LogP) is 1.87. The van der Waals surface area contributed by atoms with Crippen LogP contribution in [-0.4, -0.2) is 32.6 Å². The highest BCUT2D eigenvalue weighted by Crippen LogP contribution is 2.19. The highest BCUT2D eigenvalue weighted by molar-refractivity contribution is 5.95. The van der Waals surface area contributed by atoms with Crippen LogP contribution >= 0.6 is 0 Å². The van der Waals surface area contributed by atoms with Crippen molar-refractivity contribution in [2.45, 2.75) is 32.5 Å². The maximum atomic E-state index is 12.6. The van der Waals surface area contributed by atoms with Crippen LogP contribution in [0.5, 0.6) is 0 Å². The number of hydrogen-bond donors (Lipinski definition) is 2. The lowest BCUT2D eigenvalue weighted by Gasteiger charge is -2.11. The van der Waals surface area contributed by atoms with Crippen LogP contribution < -0.4 is 10.6 Å². The van der Waals surface area contributed by atoms with E-state index in [-0.39, 0.29) is 17.9 Å². The fourth-order valence-electron chi connectivity index (χ4n) is 3.38. The van der Waals surface area contributed by atoms with Crippen molar-refractivity contribution in [1.82, 2.24) is 25.4 Å². The van der Waals surface area contributed by atoms with Gasteiger partial charge < -0.3 is 10.6 Å². The van der Waals surface area contributed by atoms with Gasteiger partial charge in [-0.1, -0.05) is 36.4 Å². The quantitative estimate of drug-likeness (QED) is 0.713. The Bertz CT molecular complexity index is 1010. The topological polar surface area (TPSA) is 88.9 Å². The summed E-state index contributed by atoms with van der Waals surface area (Å²) in [6.07, 6.45) is 2.15. The van der Waals surface area contributed by atoms with Gasteiger partial charge in [-0.2, -0.15) is 5.10 Å². The average Bonchev–Trinajstić information content (AvgIpc) is 3.27. The number of nitrogens with one attached hydrogen (secondary N) is 2. The summed E-state index contributed by atoms with van der Waals surface area (Å²) >= 11 is 0. The van der Waals surface area contributed by atoms with Crippen molar-refractivity contribution in [3.63, 3.8) is 0 Å². The number of aryl methyl sites for hydroxylation is 1. The molecule has 0 spiro atoms. The Morgan fingerprint density at radius 1 is 1.11 bits per heavy atom. The predicted molar refractivity (Wildman–Crippen MR) is 104 cm³/mol. The number of nitrogens with zero attached hydrogens (tertiary/aromatic N) is 3. The van der Waals surface area contributed by atoms with Crippen LogP contribution in [0.2, 0.25) is 0 Å². The second kappa shape index (κ2) is 7.64. The average molecular weight is 375 g/mol. The lowest BCUT2D eigenvalue weighted by atomic mass is 10.1. The number of fused-ring (bicyclic) bond motifs is 1. The molecule has 0 saturated carbocycles. The van der Waals surface area contributed by atoms with Crippen molar-refractivity contribution >= 4 is 11.8 Å². The van der Waals surface area contributed by atoms with Gasteiger partial charge in [-0.05, 0) is 24.6 Å². The lowest BCUT2D eigenvalue weighted by molar-refractivity contribution is 0.0930. The van der Waals surface area contributed by atoms with E-state index in [1.54, 1.807) is 16.9 Å². The van der Waals surface area contributed by atoms with Gasteiger partial charge in [0.2, 0.25) is 0 Å². The van der Waals surface area contributed by atoms with E-state index in [1.165, 1.54) is 0 Å². The number of carbonyl (C=O) groups excluding carboxylic acids is 2. The number of carbonyl (C=O) groups is 2. The van der Waals surface area contributed by atoms with Gasteiger partial charge in [0, 0.05) is 18.7 Å². The zero-order chi connectivity index (χ0) is 19.5. The molecule has 2 amide bonds. The largest absolute Gasteiger partial charge is 0.348 e. The summed E-state index contributed by atoms with van der Waals surface area (Å²) < 4.78 is 1.78. The number of hydrogen-bond acceptors (Lipinski definition) is 4. The highest BCUT2D eigenvalue weighted by Gasteiger charge is 2.29. The number of rotatable bonds is 5. The smallest absolute Gasteiger partial charge is 0.270 e. The summed E-state index contributed by atoms with van der Waals surface area (Å²) in [7, 11) is 0. The Balaban J connectivity index is 1.38. The van der Waals surface area contributed by atoms with Gasteiger partial charge in [-0.25, -0.2) is 4.98 Å². The van der Waals surface area contributed by atoms with E-state index in [2.05, 4.69) is 20.7 Å². The van der Waals surface area contributed by atoms with Crippen LogP contribution in [0.3, 0.4) is 0 Å². The van der Waals surface area contributed by atoms with Gasteiger partial charge in [0.05, 0.1) is 30.0 Å². The summed E-state index contributed by atoms with van der Waals surface area (Å²) in [4.78, 5) is 29.2. The summed E-state index contributed by atoms with van der Waals surface area (Å²) in [5.41, 5.74) is 3.62. The molecule has 3 heterocycles. The van der Waals surface area contributed by atoms with E-state index in [9.17, 15) is 9.59 Å². The molecule has 3 aromatic rings. The molecule has 1 aromatic carbocycles. The fourth-order valence-corrected chi connectivity index (χ4v) is 3.38. The molecule has 1 aliphatic heterocycles. The normalized spacial score (nSPS) is 15.1. The van der Waals surface area contributed by atoms with Crippen molar-refractivity contribution in [3.8, 4) is 0 Å². The fraction of sp³-hybridized carbons (Fsp3) is 0.238. The Morgan fingerprint density at radius 3 is 2.71 bits per heavy atom. The van der Waals surface area contributed by atoms with Crippen molar-refractivity contribution in [2.75, 3.05) is 0 Å². The Morgan fingerprint density at radius 2 is 1.93 bits per heavy atom. The van der Waals surface area contributed by atoms with Gasteiger partial charge in [0.15, 0.2) is 0 Å². The molecule has 7 nitrogen and oxygen atoms in total. The molecule has 2 aromatic heterocycles. The van der Waals surface area contributed by atoms with Gasteiger partial charge >= 0.3 is 0 Å². The molecular weight excluding hydrogens is 354 g/mol. The van der Waals surface area contributed by atoms with Gasteiger partial charge in [-0.3, -0.25) is 14.3 Å². The van der Waals surface area contributed by atoms with Crippen molar-refractivity contribution in [1.29, 1.82) is 0 Å². The molecule has 0 fully saturated rings. The van der Waals surface area contributed by atoms with Crippen LogP contribution in [0.15, 0.2) is 54.7 Å². The molecule has 0 aliphatic carbocycles. The molecule has 0 unspecified atom stereocenters. The monoisotopic (exact) mass is 375 g/mol. The molecule has 0 radical (unpaired) electrons. The summed E-state index contributed by atoms with van der Waals surface area (Å²) in [6.45, 7) is 2.85. The van der Waals surface area contributed by atoms with Crippen LogP contribution in [0, 0.1) is 6.92 Å². The first kappa shape index (κ1) is 17.9. The third kappa shape index (κ3) is 3.78. The van der Waals surface area contributed by atoms with Gasteiger partial charge in [-0.15, -0.1) is 0 Å². The SMILES string of the molecule is Cc1cccc(C(=O)N[C@H]2Cc3c(C(=O)NCc4ccccc4)cnn3C2)n1. The van der Waals surface area contributed by atoms with E-state index in [1.807, 2.05) is 49.4 Å². The van der Waals surface area contributed by atoms with Crippen LogP contribution in [0.25, 0.3) is 0 Å². The first-order chi connectivity index (χ1) is 13.6. The number of aromatic nitrogens is 3. The zero-order valence-electron chi connectivity index (χ0n) is 15.6. The molecule has 7 heteroatoms. The van der Waals surface area contributed by atoms with Gasteiger partial charge in [0.25, 0.3) is 11.8 Å². The third-order valence-corrected chi connectivity index (χ3v) is 4.78.